The lowest BCUT2D eigenvalue weighted by Gasteiger charge is -2.19. The third kappa shape index (κ3) is 3.11. The Morgan fingerprint density at radius 2 is 2.26 bits per heavy atom. The monoisotopic (exact) mass is 280 g/mol. The van der Waals surface area contributed by atoms with E-state index in [1.54, 1.807) is 24.5 Å². The highest BCUT2D eigenvalue weighted by molar-refractivity contribution is 7.11. The Labute approximate surface area is 116 Å². The highest BCUT2D eigenvalue weighted by Gasteiger charge is 2.20. The van der Waals surface area contributed by atoms with Crippen LogP contribution >= 0.6 is 11.3 Å². The van der Waals surface area contributed by atoms with Crippen molar-refractivity contribution in [2.24, 2.45) is 0 Å². The van der Waals surface area contributed by atoms with Gasteiger partial charge in [0.15, 0.2) is 0 Å². The Kier molecular flexibility index (Phi) is 4.50. The van der Waals surface area contributed by atoms with Crippen LogP contribution in [0.1, 0.15) is 28.4 Å². The summed E-state index contributed by atoms with van der Waals surface area (Å²) in [5.41, 5.74) is 0.799. The number of benzene rings is 1. The first-order valence-electron chi connectivity index (χ1n) is 6.14. The van der Waals surface area contributed by atoms with Gasteiger partial charge in [-0.05, 0) is 31.7 Å². The summed E-state index contributed by atoms with van der Waals surface area (Å²) in [6.45, 7) is 4.76. The number of rotatable bonds is 5. The summed E-state index contributed by atoms with van der Waals surface area (Å²) in [5, 5.41) is 4.35. The lowest BCUT2D eigenvalue weighted by Crippen LogP contribution is -2.21. The second kappa shape index (κ2) is 6.12. The zero-order valence-electron chi connectivity index (χ0n) is 11.2. The van der Waals surface area contributed by atoms with Gasteiger partial charge in [0, 0.05) is 16.6 Å². The molecular formula is C14H17FN2OS. The maximum atomic E-state index is 13.5. The van der Waals surface area contributed by atoms with Gasteiger partial charge in [-0.25, -0.2) is 9.37 Å². The molecule has 0 amide bonds. The van der Waals surface area contributed by atoms with E-state index >= 15 is 0 Å². The van der Waals surface area contributed by atoms with Gasteiger partial charge in [0.2, 0.25) is 0 Å². The lowest BCUT2D eigenvalue weighted by molar-refractivity contribution is 0.403. The molecule has 1 aromatic carbocycles. The van der Waals surface area contributed by atoms with Crippen LogP contribution in [0.25, 0.3) is 0 Å². The van der Waals surface area contributed by atoms with Gasteiger partial charge in [-0.15, -0.1) is 11.3 Å². The van der Waals surface area contributed by atoms with Gasteiger partial charge >= 0.3 is 0 Å². The summed E-state index contributed by atoms with van der Waals surface area (Å²) in [6, 6.07) is 4.48. The molecule has 0 saturated carbocycles. The van der Waals surface area contributed by atoms with Crippen molar-refractivity contribution in [3.05, 3.63) is 45.7 Å². The van der Waals surface area contributed by atoms with Crippen molar-refractivity contribution >= 4 is 11.3 Å². The predicted molar refractivity (Wildman–Crippen MR) is 75.3 cm³/mol. The molecule has 3 nitrogen and oxygen atoms in total. The molecule has 0 aliphatic heterocycles. The smallest absolute Gasteiger partial charge is 0.124 e. The molecule has 5 heteroatoms. The van der Waals surface area contributed by atoms with Crippen LogP contribution in [0, 0.1) is 12.7 Å². The second-order valence-corrected chi connectivity index (χ2v) is 5.42. The van der Waals surface area contributed by atoms with Crippen molar-refractivity contribution in [3.63, 3.8) is 0 Å². The number of hydrogen-bond acceptors (Lipinski definition) is 4. The molecule has 1 aromatic heterocycles. The largest absolute Gasteiger partial charge is 0.496 e. The van der Waals surface area contributed by atoms with E-state index in [-0.39, 0.29) is 11.9 Å². The summed E-state index contributed by atoms with van der Waals surface area (Å²) in [7, 11) is 1.59. The Morgan fingerprint density at radius 1 is 1.47 bits per heavy atom. The van der Waals surface area contributed by atoms with Crippen molar-refractivity contribution in [1.29, 1.82) is 0 Å². The molecule has 0 aliphatic carbocycles. The average Bonchev–Trinajstić information content (AvgIpc) is 2.82. The zero-order chi connectivity index (χ0) is 13.8. The van der Waals surface area contributed by atoms with Crippen LogP contribution in [0.3, 0.4) is 0 Å². The second-order valence-electron chi connectivity index (χ2n) is 4.16. The van der Waals surface area contributed by atoms with E-state index in [2.05, 4.69) is 10.3 Å². The Bertz CT molecular complexity index is 556. The quantitative estimate of drug-likeness (QED) is 0.912. The van der Waals surface area contributed by atoms with Crippen LogP contribution in [0.15, 0.2) is 24.4 Å². The number of ether oxygens (including phenoxy) is 1. The molecule has 0 fully saturated rings. The van der Waals surface area contributed by atoms with E-state index < -0.39 is 0 Å². The number of thiazole rings is 1. The maximum Gasteiger partial charge on any atom is 0.124 e. The van der Waals surface area contributed by atoms with E-state index in [0.717, 1.165) is 22.0 Å². The molecule has 0 radical (unpaired) electrons. The fourth-order valence-electron chi connectivity index (χ4n) is 2.01. The maximum absolute atomic E-state index is 13.5. The van der Waals surface area contributed by atoms with Crippen LogP contribution in [0.5, 0.6) is 5.75 Å². The van der Waals surface area contributed by atoms with Gasteiger partial charge in [-0.3, -0.25) is 0 Å². The van der Waals surface area contributed by atoms with Gasteiger partial charge in [0.05, 0.1) is 18.2 Å². The zero-order valence-corrected chi connectivity index (χ0v) is 12.1. The van der Waals surface area contributed by atoms with Crippen molar-refractivity contribution in [3.8, 4) is 5.75 Å². The molecular weight excluding hydrogens is 263 g/mol. The summed E-state index contributed by atoms with van der Waals surface area (Å²) < 4.78 is 18.8. The fourth-order valence-corrected chi connectivity index (χ4v) is 2.89. The highest BCUT2D eigenvalue weighted by Crippen LogP contribution is 2.33. The van der Waals surface area contributed by atoms with E-state index in [4.69, 9.17) is 4.74 Å². The number of nitrogens with zero attached hydrogens (tertiary/aromatic N) is 1. The van der Waals surface area contributed by atoms with Crippen molar-refractivity contribution in [1.82, 2.24) is 10.3 Å². The third-order valence-corrected chi connectivity index (χ3v) is 3.81. The van der Waals surface area contributed by atoms with Gasteiger partial charge in [-0.1, -0.05) is 6.92 Å². The third-order valence-electron chi connectivity index (χ3n) is 2.83. The summed E-state index contributed by atoms with van der Waals surface area (Å²) in [6.07, 6.45) is 1.83. The topological polar surface area (TPSA) is 34.2 Å². The Hall–Kier alpha value is -1.46. The van der Waals surface area contributed by atoms with Crippen molar-refractivity contribution in [2.75, 3.05) is 13.7 Å². The van der Waals surface area contributed by atoms with Gasteiger partial charge in [0.25, 0.3) is 0 Å². The lowest BCUT2D eigenvalue weighted by atomic mass is 10.0. The number of hydrogen-bond donors (Lipinski definition) is 1. The molecule has 19 heavy (non-hydrogen) atoms. The van der Waals surface area contributed by atoms with E-state index in [0.29, 0.717) is 5.75 Å². The molecule has 0 spiro atoms. The minimum Gasteiger partial charge on any atom is -0.496 e. The number of nitrogens with one attached hydrogen (secondary N) is 1. The highest BCUT2D eigenvalue weighted by atomic mass is 32.1. The van der Waals surface area contributed by atoms with Crippen LogP contribution in [0.2, 0.25) is 0 Å². The molecule has 1 atom stereocenters. The fraction of sp³-hybridized carbons (Fsp3) is 0.357. The molecule has 0 bridgehead atoms. The van der Waals surface area contributed by atoms with Gasteiger partial charge in [-0.2, -0.15) is 0 Å². The number of methoxy groups -OCH3 is 1. The first-order valence-corrected chi connectivity index (χ1v) is 6.96. The molecule has 2 aromatic rings. The van der Waals surface area contributed by atoms with E-state index in [1.165, 1.54) is 12.1 Å². The number of halogens is 1. The van der Waals surface area contributed by atoms with E-state index in [1.807, 2.05) is 20.0 Å². The van der Waals surface area contributed by atoms with E-state index in [9.17, 15) is 4.39 Å². The minimum absolute atomic E-state index is 0.0955. The van der Waals surface area contributed by atoms with Crippen molar-refractivity contribution < 1.29 is 9.13 Å². The van der Waals surface area contributed by atoms with Crippen molar-refractivity contribution in [2.45, 2.75) is 19.9 Å². The SMILES string of the molecule is CCNC(c1cnc(C)s1)c1cc(F)ccc1OC. The first kappa shape index (κ1) is 14.0. The molecule has 1 unspecified atom stereocenters. The van der Waals surface area contributed by atoms with Crippen LogP contribution in [0.4, 0.5) is 4.39 Å². The Morgan fingerprint density at radius 3 is 2.84 bits per heavy atom. The normalized spacial score (nSPS) is 12.4. The summed E-state index contributed by atoms with van der Waals surface area (Å²) in [5.74, 6) is 0.415. The Balaban J connectivity index is 2.46. The number of aromatic nitrogens is 1. The van der Waals surface area contributed by atoms with Crippen LogP contribution in [-0.4, -0.2) is 18.6 Å². The minimum atomic E-state index is -0.264. The van der Waals surface area contributed by atoms with Gasteiger partial charge < -0.3 is 10.1 Å². The molecule has 2 rings (SSSR count). The molecule has 102 valence electrons. The van der Waals surface area contributed by atoms with Gasteiger partial charge in [0.1, 0.15) is 11.6 Å². The molecule has 1 N–H and O–H groups in total. The summed E-state index contributed by atoms with van der Waals surface area (Å²) in [4.78, 5) is 5.33. The van der Waals surface area contributed by atoms with Crippen LogP contribution < -0.4 is 10.1 Å². The average molecular weight is 280 g/mol. The molecule has 0 aliphatic rings. The standard InChI is InChI=1S/C14H17FN2OS/c1-4-16-14(13-8-17-9(2)19-13)11-7-10(15)5-6-12(11)18-3/h5-8,14,16H,4H2,1-3H3. The summed E-state index contributed by atoms with van der Waals surface area (Å²) >= 11 is 1.60. The predicted octanol–water partition coefficient (Wildman–Crippen LogP) is 3.30. The first-order chi connectivity index (χ1) is 9.15. The molecule has 0 saturated heterocycles. The molecule has 1 heterocycles. The van der Waals surface area contributed by atoms with Crippen LogP contribution in [-0.2, 0) is 0 Å². The number of aryl methyl sites for hydroxylation is 1.